The molecule has 0 fully saturated rings. The molecule has 0 amide bonds. The van der Waals surface area contributed by atoms with Crippen LogP contribution in [0.1, 0.15) is 12.5 Å². The molecule has 0 saturated heterocycles. The summed E-state index contributed by atoms with van der Waals surface area (Å²) >= 11 is 0. The van der Waals surface area contributed by atoms with Gasteiger partial charge in [-0.3, -0.25) is 0 Å². The van der Waals surface area contributed by atoms with Crippen LogP contribution in [0.5, 0.6) is 5.75 Å². The molecule has 0 aliphatic carbocycles. The van der Waals surface area contributed by atoms with Crippen molar-refractivity contribution in [3.8, 4) is 5.75 Å². The maximum Gasteiger partial charge on any atom is 0.120 e. The molecule has 16 heavy (non-hydrogen) atoms. The molecular formula is C13H20ClNO. The highest BCUT2D eigenvalue weighted by Gasteiger charge is 1.90. The van der Waals surface area contributed by atoms with Crippen LogP contribution >= 0.6 is 12.4 Å². The highest BCUT2D eigenvalue weighted by Crippen LogP contribution is 2.11. The Labute approximate surface area is 104 Å². The second-order valence-electron chi connectivity index (χ2n) is 3.41. The Hall–Kier alpha value is -0.990. The van der Waals surface area contributed by atoms with Crippen LogP contribution < -0.4 is 10.1 Å². The summed E-state index contributed by atoms with van der Waals surface area (Å²) in [5, 5.41) is 3.21. The largest absolute Gasteiger partial charge is 0.490 e. The van der Waals surface area contributed by atoms with E-state index in [9.17, 15) is 0 Å². The number of likely N-dealkylation sites (N-methyl/N-ethyl adjacent to an activating group) is 1. The highest BCUT2D eigenvalue weighted by molar-refractivity contribution is 5.85. The zero-order chi connectivity index (χ0) is 10.9. The second kappa shape index (κ2) is 9.25. The number of nitrogens with one attached hydrogen (secondary N) is 1. The maximum atomic E-state index is 5.55. The molecule has 0 bridgehead atoms. The normalized spacial score (nSPS) is 10.1. The van der Waals surface area contributed by atoms with E-state index in [2.05, 4.69) is 31.3 Å². The fourth-order valence-electron chi connectivity index (χ4n) is 1.23. The van der Waals surface area contributed by atoms with Crippen LogP contribution in [0.15, 0.2) is 36.4 Å². The number of ether oxygens (including phenoxy) is 1. The van der Waals surface area contributed by atoms with Crippen LogP contribution in [0.4, 0.5) is 0 Å². The summed E-state index contributed by atoms with van der Waals surface area (Å²) in [5.74, 6) is 0.933. The van der Waals surface area contributed by atoms with Gasteiger partial charge in [-0.05, 0) is 31.2 Å². The molecule has 2 nitrogen and oxygen atoms in total. The first kappa shape index (κ1) is 15.0. The lowest BCUT2D eigenvalue weighted by molar-refractivity contribution is 0.362. The van der Waals surface area contributed by atoms with Crippen molar-refractivity contribution in [1.29, 1.82) is 0 Å². The van der Waals surface area contributed by atoms with Crippen molar-refractivity contribution < 1.29 is 4.74 Å². The first-order valence-corrected chi connectivity index (χ1v) is 5.38. The predicted molar refractivity (Wildman–Crippen MR) is 71.6 cm³/mol. The SMILES string of the molecule is CCNCC=CCOc1cccc(C)c1.Cl. The molecule has 0 aliphatic rings. The van der Waals surface area contributed by atoms with Gasteiger partial charge in [-0.25, -0.2) is 0 Å². The Morgan fingerprint density at radius 3 is 2.81 bits per heavy atom. The minimum absolute atomic E-state index is 0. The summed E-state index contributed by atoms with van der Waals surface area (Å²) in [4.78, 5) is 0. The van der Waals surface area contributed by atoms with E-state index in [0.717, 1.165) is 18.8 Å². The molecule has 0 radical (unpaired) electrons. The monoisotopic (exact) mass is 241 g/mol. The molecule has 0 atom stereocenters. The first-order valence-electron chi connectivity index (χ1n) is 5.38. The van der Waals surface area contributed by atoms with E-state index in [1.807, 2.05) is 24.3 Å². The lowest BCUT2D eigenvalue weighted by Gasteiger charge is -2.03. The summed E-state index contributed by atoms with van der Waals surface area (Å²) in [6.45, 7) is 6.70. The third kappa shape index (κ3) is 6.49. The van der Waals surface area contributed by atoms with Gasteiger partial charge in [-0.1, -0.05) is 31.2 Å². The van der Waals surface area contributed by atoms with Crippen LogP contribution in [-0.4, -0.2) is 19.7 Å². The van der Waals surface area contributed by atoms with E-state index < -0.39 is 0 Å². The summed E-state index contributed by atoms with van der Waals surface area (Å²) in [6, 6.07) is 8.09. The van der Waals surface area contributed by atoms with E-state index in [1.54, 1.807) is 0 Å². The zero-order valence-corrected chi connectivity index (χ0v) is 10.7. The molecule has 1 rings (SSSR count). The van der Waals surface area contributed by atoms with Gasteiger partial charge < -0.3 is 10.1 Å². The minimum Gasteiger partial charge on any atom is -0.490 e. The smallest absolute Gasteiger partial charge is 0.120 e. The number of rotatable bonds is 6. The van der Waals surface area contributed by atoms with E-state index in [4.69, 9.17) is 4.74 Å². The van der Waals surface area contributed by atoms with Crippen LogP contribution in [0.2, 0.25) is 0 Å². The van der Waals surface area contributed by atoms with Gasteiger partial charge in [0, 0.05) is 6.54 Å². The third-order valence-corrected chi connectivity index (χ3v) is 2.01. The number of halogens is 1. The molecule has 1 N–H and O–H groups in total. The summed E-state index contributed by atoms with van der Waals surface area (Å²) in [7, 11) is 0. The van der Waals surface area contributed by atoms with Gasteiger partial charge in [0.2, 0.25) is 0 Å². The van der Waals surface area contributed by atoms with E-state index >= 15 is 0 Å². The average molecular weight is 242 g/mol. The highest BCUT2D eigenvalue weighted by atomic mass is 35.5. The van der Waals surface area contributed by atoms with Gasteiger partial charge in [0.15, 0.2) is 0 Å². The van der Waals surface area contributed by atoms with Crippen molar-refractivity contribution in [2.45, 2.75) is 13.8 Å². The van der Waals surface area contributed by atoms with Gasteiger partial charge in [-0.15, -0.1) is 12.4 Å². The molecule has 1 aromatic rings. The number of benzene rings is 1. The van der Waals surface area contributed by atoms with Crippen molar-refractivity contribution in [2.75, 3.05) is 19.7 Å². The van der Waals surface area contributed by atoms with Crippen LogP contribution in [0, 0.1) is 6.92 Å². The Kier molecular flexibility index (Phi) is 8.68. The molecule has 0 unspecified atom stereocenters. The molecule has 0 spiro atoms. The second-order valence-corrected chi connectivity index (χ2v) is 3.41. The number of hydrogen-bond donors (Lipinski definition) is 1. The van der Waals surface area contributed by atoms with E-state index in [0.29, 0.717) is 6.61 Å². The van der Waals surface area contributed by atoms with Crippen molar-refractivity contribution >= 4 is 12.4 Å². The van der Waals surface area contributed by atoms with Crippen molar-refractivity contribution in [3.05, 3.63) is 42.0 Å². The number of aryl methyl sites for hydroxylation is 1. The van der Waals surface area contributed by atoms with Gasteiger partial charge in [0.1, 0.15) is 12.4 Å². The molecule has 90 valence electrons. The van der Waals surface area contributed by atoms with Gasteiger partial charge >= 0.3 is 0 Å². The Bertz CT molecular complexity index is 313. The summed E-state index contributed by atoms with van der Waals surface area (Å²) in [6.07, 6.45) is 4.12. The molecule has 0 aliphatic heterocycles. The topological polar surface area (TPSA) is 21.3 Å². The van der Waals surface area contributed by atoms with Gasteiger partial charge in [0.05, 0.1) is 0 Å². The summed E-state index contributed by atoms with van der Waals surface area (Å²) in [5.41, 5.74) is 1.23. The average Bonchev–Trinajstić information content (AvgIpc) is 2.23. The molecule has 0 heterocycles. The maximum absolute atomic E-state index is 5.55. The quantitative estimate of drug-likeness (QED) is 0.611. The van der Waals surface area contributed by atoms with E-state index in [-0.39, 0.29) is 12.4 Å². The van der Waals surface area contributed by atoms with Crippen LogP contribution in [0.3, 0.4) is 0 Å². The van der Waals surface area contributed by atoms with E-state index in [1.165, 1.54) is 5.56 Å². The molecule has 0 aromatic heterocycles. The zero-order valence-electron chi connectivity index (χ0n) is 9.90. The molecule has 0 saturated carbocycles. The van der Waals surface area contributed by atoms with Crippen molar-refractivity contribution in [1.82, 2.24) is 5.32 Å². The standard InChI is InChI=1S/C13H19NO.ClH/c1-3-14-9-4-5-10-15-13-8-6-7-12(2)11-13;/h4-8,11,14H,3,9-10H2,1-2H3;1H. The first-order chi connectivity index (χ1) is 7.33. The molecule has 3 heteroatoms. The fraction of sp³-hybridized carbons (Fsp3) is 0.385. The third-order valence-electron chi connectivity index (χ3n) is 2.01. The lowest BCUT2D eigenvalue weighted by Crippen LogP contribution is -2.11. The Balaban J connectivity index is 0.00000225. The number of hydrogen-bond acceptors (Lipinski definition) is 2. The fourth-order valence-corrected chi connectivity index (χ4v) is 1.23. The predicted octanol–water partition coefficient (Wildman–Crippen LogP) is 2.96. The molecular weight excluding hydrogens is 222 g/mol. The molecule has 1 aromatic carbocycles. The lowest BCUT2D eigenvalue weighted by atomic mass is 10.2. The van der Waals surface area contributed by atoms with Crippen molar-refractivity contribution in [3.63, 3.8) is 0 Å². The van der Waals surface area contributed by atoms with Crippen LogP contribution in [0.25, 0.3) is 0 Å². The van der Waals surface area contributed by atoms with Gasteiger partial charge in [-0.2, -0.15) is 0 Å². The van der Waals surface area contributed by atoms with Crippen molar-refractivity contribution in [2.24, 2.45) is 0 Å². The minimum atomic E-state index is 0. The van der Waals surface area contributed by atoms with Gasteiger partial charge in [0.25, 0.3) is 0 Å². The van der Waals surface area contributed by atoms with Crippen LogP contribution in [-0.2, 0) is 0 Å². The Morgan fingerprint density at radius 2 is 2.12 bits per heavy atom. The Morgan fingerprint density at radius 1 is 1.31 bits per heavy atom. The summed E-state index contributed by atoms with van der Waals surface area (Å²) < 4.78 is 5.55.